The first kappa shape index (κ1) is 44.4. The zero-order valence-corrected chi connectivity index (χ0v) is 37.8. The lowest BCUT2D eigenvalue weighted by molar-refractivity contribution is -0.148. The number of carbonyl (C=O) groups excluding carboxylic acids is 2. The number of hydrazine groups is 1. The Bertz CT molecular complexity index is 2260. The Hall–Kier alpha value is -4.61. The molecule has 4 aromatic rings. The predicted molar refractivity (Wildman–Crippen MR) is 236 cm³/mol. The Kier molecular flexibility index (Phi) is 12.9. The van der Waals surface area contributed by atoms with Crippen LogP contribution >= 0.6 is 11.3 Å². The highest BCUT2D eigenvalue weighted by atomic mass is 32.1. The largest absolute Gasteiger partial charge is 0.480 e. The number of alkyl carbamates (subject to hydrolysis) is 1. The summed E-state index contributed by atoms with van der Waals surface area (Å²) >= 11 is 1.39. The van der Waals surface area contributed by atoms with Gasteiger partial charge in [0.1, 0.15) is 17.7 Å². The number of aliphatic hydroxyl groups is 1. The Balaban J connectivity index is 1.26. The molecule has 3 fully saturated rings. The van der Waals surface area contributed by atoms with Crippen LogP contribution in [0.2, 0.25) is 0 Å². The standard InChI is InChI=1S/C45H62N8O7S/c1-10-52-36-12-11-27(35-24-61-37(47-35)20-34(48-43(58)60-44(3,4)5)41(55)53-23-28-18-30(28)39(49-53)42(56)57)17-31(36)33(21-45(6,7)25-54)40(52)32-19-29(22-46-38(32)26(2)59-9)51-15-13-50(8)14-16-51/h11-12,17,19,22,24,26,28,30,34,39,49,54H,10,13-16,18,20-21,23,25H2,1-9H3,(H,48,58)(H,56,57)/t26-,28-,30-,34-,39-/m0/s1. The van der Waals surface area contributed by atoms with E-state index >= 15 is 0 Å². The maximum atomic E-state index is 14.1. The quantitative estimate of drug-likeness (QED) is 0.121. The van der Waals surface area contributed by atoms with Gasteiger partial charge in [-0.05, 0) is 95.5 Å². The zero-order chi connectivity index (χ0) is 44.0. The van der Waals surface area contributed by atoms with E-state index in [-0.39, 0.29) is 31.0 Å². The van der Waals surface area contributed by atoms with Gasteiger partial charge in [-0.25, -0.2) is 15.2 Å². The molecule has 3 aliphatic rings. The molecule has 330 valence electrons. The fraction of sp³-hybridized carbons (Fsp3) is 0.578. The van der Waals surface area contributed by atoms with E-state index in [4.69, 9.17) is 19.4 Å². The number of amides is 2. The van der Waals surface area contributed by atoms with Crippen LogP contribution in [0.5, 0.6) is 0 Å². The minimum absolute atomic E-state index is 0.00363. The summed E-state index contributed by atoms with van der Waals surface area (Å²) in [6.07, 6.45) is 2.37. The Morgan fingerprint density at radius 3 is 2.49 bits per heavy atom. The smallest absolute Gasteiger partial charge is 0.408 e. The number of nitrogens with one attached hydrogen (secondary N) is 2. The zero-order valence-electron chi connectivity index (χ0n) is 36.9. The highest BCUT2D eigenvalue weighted by Gasteiger charge is 2.52. The van der Waals surface area contributed by atoms with Crippen LogP contribution in [0.25, 0.3) is 33.4 Å². The van der Waals surface area contributed by atoms with Gasteiger partial charge in [0, 0.05) is 86.8 Å². The molecule has 3 aromatic heterocycles. The summed E-state index contributed by atoms with van der Waals surface area (Å²) in [5.41, 5.74) is 9.43. The summed E-state index contributed by atoms with van der Waals surface area (Å²) in [7, 11) is 3.86. The maximum absolute atomic E-state index is 14.1. The summed E-state index contributed by atoms with van der Waals surface area (Å²) in [6, 6.07) is 6.70. The molecule has 15 nitrogen and oxygen atoms in total. The number of aliphatic hydroxyl groups excluding tert-OH is 1. The molecule has 5 heterocycles. The van der Waals surface area contributed by atoms with E-state index in [0.717, 1.165) is 83.0 Å². The van der Waals surface area contributed by atoms with Gasteiger partial charge in [-0.3, -0.25) is 19.6 Å². The number of piperazine rings is 1. The number of rotatable bonds is 14. The molecule has 0 radical (unpaired) electrons. The van der Waals surface area contributed by atoms with Gasteiger partial charge in [-0.2, -0.15) is 0 Å². The van der Waals surface area contributed by atoms with Crippen LogP contribution in [0.4, 0.5) is 10.5 Å². The van der Waals surface area contributed by atoms with Crippen LogP contribution in [0, 0.1) is 17.3 Å². The first-order valence-electron chi connectivity index (χ1n) is 21.4. The number of nitrogens with zero attached hydrogens (tertiary/aromatic N) is 6. The van der Waals surface area contributed by atoms with Crippen LogP contribution in [0.1, 0.15) is 77.3 Å². The van der Waals surface area contributed by atoms with Crippen molar-refractivity contribution < 1.29 is 34.1 Å². The van der Waals surface area contributed by atoms with Crippen molar-refractivity contribution in [2.75, 3.05) is 58.4 Å². The minimum atomic E-state index is -1.05. The van der Waals surface area contributed by atoms with Crippen LogP contribution < -0.4 is 15.6 Å². The molecule has 0 spiro atoms. The van der Waals surface area contributed by atoms with Crippen LogP contribution in [-0.4, -0.2) is 124 Å². The molecule has 16 heteroatoms. The van der Waals surface area contributed by atoms with Crippen LogP contribution in [0.15, 0.2) is 35.8 Å². The third kappa shape index (κ3) is 9.73. The number of pyridine rings is 1. The Labute approximate surface area is 362 Å². The third-order valence-electron chi connectivity index (χ3n) is 12.2. The van der Waals surface area contributed by atoms with E-state index in [1.165, 1.54) is 16.3 Å². The number of methoxy groups -OCH3 is 1. The van der Waals surface area contributed by atoms with E-state index in [9.17, 15) is 24.6 Å². The van der Waals surface area contributed by atoms with Gasteiger partial charge in [0.05, 0.1) is 40.1 Å². The second-order valence-corrected chi connectivity index (χ2v) is 19.6. The summed E-state index contributed by atoms with van der Waals surface area (Å²) in [5, 5.41) is 28.2. The molecule has 1 aliphatic carbocycles. The van der Waals surface area contributed by atoms with Gasteiger partial charge in [-0.15, -0.1) is 11.3 Å². The van der Waals surface area contributed by atoms with Crippen LogP contribution in [0.3, 0.4) is 0 Å². The predicted octanol–water partition coefficient (Wildman–Crippen LogP) is 5.74. The van der Waals surface area contributed by atoms with Gasteiger partial charge in [0.25, 0.3) is 5.91 Å². The normalized spacial score (nSPS) is 20.7. The molecule has 1 saturated carbocycles. The Morgan fingerprint density at radius 1 is 1.10 bits per heavy atom. The minimum Gasteiger partial charge on any atom is -0.480 e. The lowest BCUT2D eigenvalue weighted by atomic mass is 9.84. The monoisotopic (exact) mass is 858 g/mol. The van der Waals surface area contributed by atoms with Crippen molar-refractivity contribution in [2.45, 2.75) is 98.1 Å². The molecule has 0 bridgehead atoms. The van der Waals surface area contributed by atoms with Crippen molar-refractivity contribution in [1.82, 2.24) is 35.2 Å². The molecule has 2 amide bonds. The molecule has 2 saturated heterocycles. The average Bonchev–Trinajstić information content (AvgIpc) is 3.76. The van der Waals surface area contributed by atoms with Gasteiger partial charge in [0.2, 0.25) is 0 Å². The number of likely N-dealkylation sites (N-methyl/N-ethyl adjacent to an activating group) is 1. The van der Waals surface area contributed by atoms with Gasteiger partial charge < -0.3 is 39.4 Å². The van der Waals surface area contributed by atoms with Gasteiger partial charge >= 0.3 is 12.1 Å². The summed E-state index contributed by atoms with van der Waals surface area (Å²) in [4.78, 5) is 53.9. The number of ether oxygens (including phenoxy) is 2. The van der Waals surface area contributed by atoms with E-state index < -0.39 is 41.1 Å². The number of carbonyl (C=O) groups is 3. The number of aliphatic carboxylic acids is 1. The molecule has 0 unspecified atom stereocenters. The van der Waals surface area contributed by atoms with Crippen molar-refractivity contribution in [1.29, 1.82) is 0 Å². The summed E-state index contributed by atoms with van der Waals surface area (Å²) < 4.78 is 13.8. The molecular weight excluding hydrogens is 797 g/mol. The topological polar surface area (TPSA) is 175 Å². The lowest BCUT2D eigenvalue weighted by Crippen LogP contribution is -2.61. The fourth-order valence-electron chi connectivity index (χ4n) is 8.64. The second-order valence-electron chi connectivity index (χ2n) is 18.7. The average molecular weight is 859 g/mol. The van der Waals surface area contributed by atoms with Crippen LogP contribution in [-0.2, 0) is 38.4 Å². The van der Waals surface area contributed by atoms with Gasteiger partial charge in [0.15, 0.2) is 0 Å². The van der Waals surface area contributed by atoms with Gasteiger partial charge in [-0.1, -0.05) is 19.9 Å². The number of aryl methyl sites for hydroxylation is 1. The molecule has 61 heavy (non-hydrogen) atoms. The second kappa shape index (κ2) is 17.6. The molecule has 4 N–H and O–H groups in total. The van der Waals surface area contributed by atoms with Crippen molar-refractivity contribution in [3.63, 3.8) is 0 Å². The maximum Gasteiger partial charge on any atom is 0.408 e. The van der Waals surface area contributed by atoms with Crippen molar-refractivity contribution >= 4 is 45.9 Å². The number of anilines is 1. The SMILES string of the molecule is CCn1c(-c2cc(N3CCN(C)CC3)cnc2[C@H](C)OC)c(CC(C)(C)CO)c2cc(-c3csc(C[C@H](NC(=O)OC(C)(C)C)C(=O)N4C[C@@H]5C[C@@H]5[C@@H](C(=O)O)N4)n3)ccc21. The van der Waals surface area contributed by atoms with Crippen molar-refractivity contribution in [3.05, 3.63) is 52.1 Å². The number of carboxylic acids is 1. The molecule has 2 aliphatic heterocycles. The number of aromatic nitrogens is 3. The van der Waals surface area contributed by atoms with E-state index in [1.807, 2.05) is 18.5 Å². The molecule has 5 atom stereocenters. The van der Waals surface area contributed by atoms with Crippen molar-refractivity contribution in [3.8, 4) is 22.5 Å². The molecule has 7 rings (SSSR count). The van der Waals surface area contributed by atoms with E-state index in [2.05, 4.69) is 77.2 Å². The highest BCUT2D eigenvalue weighted by Crippen LogP contribution is 2.45. The summed E-state index contributed by atoms with van der Waals surface area (Å²) in [6.45, 7) is 18.4. The van der Waals surface area contributed by atoms with Crippen molar-refractivity contribution in [2.24, 2.45) is 17.3 Å². The number of fused-ring (bicyclic) bond motifs is 2. The Morgan fingerprint density at radius 2 is 1.84 bits per heavy atom. The van der Waals surface area contributed by atoms with E-state index in [0.29, 0.717) is 24.5 Å². The number of carboxylic acid groups (broad SMARTS) is 1. The highest BCUT2D eigenvalue weighted by molar-refractivity contribution is 7.10. The number of thiazole rings is 1. The summed E-state index contributed by atoms with van der Waals surface area (Å²) in [5.74, 6) is -1.37. The first-order chi connectivity index (χ1) is 28.9. The number of hydrogen-bond acceptors (Lipinski definition) is 12. The molecular formula is C45H62N8O7S. The first-order valence-corrected chi connectivity index (χ1v) is 22.2. The third-order valence-corrected chi connectivity index (χ3v) is 13.1. The lowest BCUT2D eigenvalue weighted by Gasteiger charge is -2.34. The molecule has 1 aromatic carbocycles. The van der Waals surface area contributed by atoms with E-state index in [1.54, 1.807) is 27.9 Å². The number of benzene rings is 1. The number of hydrogen-bond donors (Lipinski definition) is 4. The fourth-order valence-corrected chi connectivity index (χ4v) is 9.49.